The lowest BCUT2D eigenvalue weighted by molar-refractivity contribution is -0.384. The Bertz CT molecular complexity index is 1370. The van der Waals surface area contributed by atoms with Gasteiger partial charge in [-0.2, -0.15) is 0 Å². The summed E-state index contributed by atoms with van der Waals surface area (Å²) in [6.45, 7) is 3.85. The Morgan fingerprint density at radius 3 is 2.51 bits per heavy atom. The van der Waals surface area contributed by atoms with Crippen LogP contribution in [0, 0.1) is 10.1 Å². The average molecular weight is 570 g/mol. The van der Waals surface area contributed by atoms with Gasteiger partial charge in [-0.25, -0.2) is 4.79 Å². The van der Waals surface area contributed by atoms with Gasteiger partial charge in [0.15, 0.2) is 6.10 Å². The minimum Gasteiger partial charge on any atom is -0.497 e. The summed E-state index contributed by atoms with van der Waals surface area (Å²) in [5.74, 6) is -0.562. The van der Waals surface area contributed by atoms with Gasteiger partial charge < -0.3 is 19.3 Å². The van der Waals surface area contributed by atoms with Crippen molar-refractivity contribution in [2.45, 2.75) is 23.2 Å². The van der Waals surface area contributed by atoms with Crippen molar-refractivity contribution in [1.29, 1.82) is 0 Å². The number of nitro benzene ring substituents is 1. The van der Waals surface area contributed by atoms with Crippen molar-refractivity contribution >= 4 is 46.6 Å². The lowest BCUT2D eigenvalue weighted by Crippen LogP contribution is -2.45. The van der Waals surface area contributed by atoms with Crippen LogP contribution in [-0.2, 0) is 9.53 Å². The Balaban J connectivity index is 1.76. The van der Waals surface area contributed by atoms with E-state index in [1.807, 2.05) is 50.4 Å². The van der Waals surface area contributed by atoms with Crippen molar-refractivity contribution in [2.24, 2.45) is 0 Å². The maximum Gasteiger partial charge on any atom is 0.340 e. The van der Waals surface area contributed by atoms with Crippen LogP contribution in [-0.4, -0.2) is 61.6 Å². The average Bonchev–Trinajstić information content (AvgIpc) is 3.05. The number of carbonyl (C=O) groups is 2. The number of ether oxygens (including phenoxy) is 2. The van der Waals surface area contributed by atoms with E-state index in [1.165, 1.54) is 23.9 Å². The number of nitro groups is 1. The van der Waals surface area contributed by atoms with E-state index in [2.05, 4.69) is 4.90 Å². The van der Waals surface area contributed by atoms with E-state index >= 15 is 0 Å². The summed E-state index contributed by atoms with van der Waals surface area (Å²) in [6, 6.07) is 18.4. The number of fused-ring (bicyclic) bond motifs is 1. The van der Waals surface area contributed by atoms with E-state index in [1.54, 1.807) is 24.1 Å². The fourth-order valence-electron chi connectivity index (χ4n) is 4.15. The van der Waals surface area contributed by atoms with Crippen molar-refractivity contribution in [1.82, 2.24) is 4.90 Å². The van der Waals surface area contributed by atoms with Crippen LogP contribution in [0.2, 0.25) is 5.02 Å². The summed E-state index contributed by atoms with van der Waals surface area (Å²) in [6.07, 6.45) is -1.21. The van der Waals surface area contributed by atoms with Gasteiger partial charge in [0.2, 0.25) is 0 Å². The van der Waals surface area contributed by atoms with E-state index in [-0.39, 0.29) is 22.2 Å². The number of benzene rings is 3. The molecule has 0 fully saturated rings. The molecule has 0 bridgehead atoms. The second kappa shape index (κ2) is 12.5. The molecule has 39 heavy (non-hydrogen) atoms. The number of carbonyl (C=O) groups excluding carboxylic acids is 2. The normalized spacial score (nSPS) is 16.9. The Hall–Kier alpha value is -3.60. The van der Waals surface area contributed by atoms with Crippen LogP contribution in [0.15, 0.2) is 71.6 Å². The first kappa shape index (κ1) is 28.4. The number of nitrogens with zero attached hydrogens (tertiary/aromatic N) is 3. The summed E-state index contributed by atoms with van der Waals surface area (Å²) in [7, 11) is 3.54. The molecule has 9 nitrogen and oxygen atoms in total. The molecule has 0 aromatic heterocycles. The molecule has 0 spiro atoms. The topological polar surface area (TPSA) is 102 Å². The Morgan fingerprint density at radius 2 is 1.87 bits per heavy atom. The third kappa shape index (κ3) is 6.35. The number of hydrogen-bond acceptors (Lipinski definition) is 8. The molecule has 11 heteroatoms. The molecule has 0 unspecified atom stereocenters. The summed E-state index contributed by atoms with van der Waals surface area (Å²) in [5, 5.41) is 10.4. The Labute approximate surface area is 235 Å². The molecule has 3 aromatic carbocycles. The van der Waals surface area contributed by atoms with E-state index < -0.39 is 22.2 Å². The van der Waals surface area contributed by atoms with Gasteiger partial charge >= 0.3 is 5.97 Å². The molecular formula is C28H28ClN3O6S. The largest absolute Gasteiger partial charge is 0.497 e. The summed E-state index contributed by atoms with van der Waals surface area (Å²) >= 11 is 7.65. The molecule has 1 heterocycles. The fourth-order valence-corrected chi connectivity index (χ4v) is 5.72. The minimum atomic E-state index is -1.21. The lowest BCUT2D eigenvalue weighted by atomic mass is 10.0. The maximum atomic E-state index is 14.2. The van der Waals surface area contributed by atoms with Crippen LogP contribution in [0.3, 0.4) is 0 Å². The molecule has 0 saturated carbocycles. The Kier molecular flexibility index (Phi) is 9.11. The third-order valence-corrected chi connectivity index (χ3v) is 8.19. The summed E-state index contributed by atoms with van der Waals surface area (Å²) in [4.78, 5) is 42.7. The molecule has 204 valence electrons. The highest BCUT2D eigenvalue weighted by atomic mass is 35.5. The molecule has 0 saturated heterocycles. The zero-order valence-corrected chi connectivity index (χ0v) is 23.3. The number of hydrogen-bond donors (Lipinski definition) is 0. The van der Waals surface area contributed by atoms with Crippen molar-refractivity contribution < 1.29 is 24.0 Å². The second-order valence-corrected chi connectivity index (χ2v) is 10.5. The number of non-ortho nitro benzene ring substituents is 1. The number of anilines is 1. The predicted octanol–water partition coefficient (Wildman–Crippen LogP) is 5.61. The Morgan fingerprint density at radius 1 is 1.15 bits per heavy atom. The van der Waals surface area contributed by atoms with E-state index in [0.717, 1.165) is 28.8 Å². The molecule has 1 aliphatic heterocycles. The smallest absolute Gasteiger partial charge is 0.340 e. The highest BCUT2D eigenvalue weighted by molar-refractivity contribution is 7.99. The molecular weight excluding hydrogens is 542 g/mol. The number of likely N-dealkylation sites (N-methyl/N-ethyl adjacent to an activating group) is 1. The molecule has 1 aliphatic rings. The first-order valence-electron chi connectivity index (χ1n) is 12.3. The first-order chi connectivity index (χ1) is 18.7. The van der Waals surface area contributed by atoms with Crippen LogP contribution >= 0.6 is 23.4 Å². The van der Waals surface area contributed by atoms with E-state index in [0.29, 0.717) is 18.8 Å². The SMILES string of the molecule is CCN(C)CCN1C(=O)[C@@H](OC(=O)c2ccc([N+](=O)[O-])cc2Cl)[C@@H](c2ccc(OC)cc2)Sc2ccccc21. The summed E-state index contributed by atoms with van der Waals surface area (Å²) in [5.41, 5.74) is 1.19. The molecule has 0 N–H and O–H groups in total. The monoisotopic (exact) mass is 569 g/mol. The van der Waals surface area contributed by atoms with Gasteiger partial charge in [0.25, 0.3) is 11.6 Å². The van der Waals surface area contributed by atoms with Crippen LogP contribution in [0.4, 0.5) is 11.4 Å². The fraction of sp³-hybridized carbons (Fsp3) is 0.286. The quantitative estimate of drug-likeness (QED) is 0.186. The van der Waals surface area contributed by atoms with E-state index in [4.69, 9.17) is 21.1 Å². The number of halogens is 1. The number of rotatable bonds is 9. The standard InChI is InChI=1S/C28H28ClN3O6S/c1-4-30(2)15-16-31-23-7-5-6-8-24(23)39-26(18-9-12-20(37-3)13-10-18)25(27(31)33)38-28(34)21-14-11-19(32(35)36)17-22(21)29/h5-14,17,25-26H,4,15-16H2,1-3H3/t25-,26+/m0/s1. The molecule has 0 radical (unpaired) electrons. The zero-order chi connectivity index (χ0) is 28.1. The van der Waals surface area contributed by atoms with Crippen molar-refractivity contribution in [3.63, 3.8) is 0 Å². The molecule has 1 amide bonds. The van der Waals surface area contributed by atoms with Crippen molar-refractivity contribution in [2.75, 3.05) is 38.7 Å². The van der Waals surface area contributed by atoms with E-state index in [9.17, 15) is 19.7 Å². The van der Waals surface area contributed by atoms with Gasteiger partial charge in [0.05, 0.1) is 33.6 Å². The lowest BCUT2D eigenvalue weighted by Gasteiger charge is -2.29. The van der Waals surface area contributed by atoms with Crippen LogP contribution < -0.4 is 9.64 Å². The highest BCUT2D eigenvalue weighted by Gasteiger charge is 2.41. The van der Waals surface area contributed by atoms with Gasteiger partial charge in [-0.05, 0) is 49.5 Å². The number of amides is 1. The highest BCUT2D eigenvalue weighted by Crippen LogP contribution is 2.47. The number of methoxy groups -OCH3 is 1. The van der Waals surface area contributed by atoms with Crippen LogP contribution in [0.25, 0.3) is 0 Å². The van der Waals surface area contributed by atoms with Gasteiger partial charge in [-0.15, -0.1) is 11.8 Å². The second-order valence-electron chi connectivity index (χ2n) is 8.91. The number of thioether (sulfide) groups is 1. The van der Waals surface area contributed by atoms with Gasteiger partial charge in [0.1, 0.15) is 5.75 Å². The van der Waals surface area contributed by atoms with Gasteiger partial charge in [0, 0.05) is 30.1 Å². The zero-order valence-electron chi connectivity index (χ0n) is 21.7. The van der Waals surface area contributed by atoms with Crippen molar-refractivity contribution in [3.05, 3.63) is 93.0 Å². The molecule has 3 aromatic rings. The summed E-state index contributed by atoms with van der Waals surface area (Å²) < 4.78 is 11.2. The van der Waals surface area contributed by atoms with Gasteiger partial charge in [-0.1, -0.05) is 42.8 Å². The van der Waals surface area contributed by atoms with Crippen molar-refractivity contribution in [3.8, 4) is 5.75 Å². The van der Waals surface area contributed by atoms with Gasteiger partial charge in [-0.3, -0.25) is 14.9 Å². The third-order valence-electron chi connectivity index (χ3n) is 6.50. The maximum absolute atomic E-state index is 14.2. The number of esters is 1. The minimum absolute atomic E-state index is 0.0624. The number of para-hydroxylation sites is 1. The molecule has 0 aliphatic carbocycles. The van der Waals surface area contributed by atoms with Crippen LogP contribution in [0.5, 0.6) is 5.75 Å². The predicted molar refractivity (Wildman–Crippen MR) is 151 cm³/mol. The molecule has 2 atom stereocenters. The first-order valence-corrected chi connectivity index (χ1v) is 13.5. The van der Waals surface area contributed by atoms with Crippen LogP contribution in [0.1, 0.15) is 28.1 Å². The molecule has 4 rings (SSSR count).